The first kappa shape index (κ1) is 21.2. The van der Waals surface area contributed by atoms with Gasteiger partial charge in [0.25, 0.3) is 0 Å². The van der Waals surface area contributed by atoms with Gasteiger partial charge in [0.2, 0.25) is 0 Å². The zero-order valence-electron chi connectivity index (χ0n) is 17.6. The fourth-order valence-corrected chi connectivity index (χ4v) is 3.27. The largest absolute Gasteiger partial charge is 0.491 e. The van der Waals surface area contributed by atoms with E-state index in [9.17, 15) is 0 Å². The molecule has 7 heteroatoms. The zero-order valence-corrected chi connectivity index (χ0v) is 17.6. The molecule has 0 spiro atoms. The molecule has 1 aliphatic heterocycles. The molecule has 158 valence electrons. The van der Waals surface area contributed by atoms with E-state index < -0.39 is 0 Å². The molecule has 1 aromatic carbocycles. The van der Waals surface area contributed by atoms with E-state index in [4.69, 9.17) is 14.5 Å². The highest BCUT2D eigenvalue weighted by Gasteiger charge is 2.17. The van der Waals surface area contributed by atoms with Crippen molar-refractivity contribution in [3.05, 3.63) is 47.8 Å². The van der Waals surface area contributed by atoms with Gasteiger partial charge < -0.3 is 20.1 Å². The van der Waals surface area contributed by atoms with Gasteiger partial charge in [-0.1, -0.05) is 12.1 Å². The first-order valence-corrected chi connectivity index (χ1v) is 10.6. The maximum Gasteiger partial charge on any atom is 0.191 e. The zero-order chi connectivity index (χ0) is 20.3. The minimum atomic E-state index is 0.209. The van der Waals surface area contributed by atoms with E-state index in [1.807, 2.05) is 16.9 Å². The van der Waals surface area contributed by atoms with Crippen molar-refractivity contribution in [2.45, 2.75) is 52.3 Å². The van der Waals surface area contributed by atoms with Crippen LogP contribution >= 0.6 is 0 Å². The monoisotopic (exact) mass is 399 g/mol. The molecule has 0 radical (unpaired) electrons. The summed E-state index contributed by atoms with van der Waals surface area (Å²) in [6.45, 7) is 8.71. The van der Waals surface area contributed by atoms with Gasteiger partial charge >= 0.3 is 0 Å². The number of rotatable bonds is 10. The van der Waals surface area contributed by atoms with Crippen LogP contribution in [0, 0.1) is 6.92 Å². The Morgan fingerprint density at radius 2 is 2.31 bits per heavy atom. The predicted molar refractivity (Wildman–Crippen MR) is 115 cm³/mol. The van der Waals surface area contributed by atoms with E-state index in [0.717, 1.165) is 62.8 Å². The molecule has 1 fully saturated rings. The lowest BCUT2D eigenvalue weighted by Gasteiger charge is -2.15. The summed E-state index contributed by atoms with van der Waals surface area (Å²) < 4.78 is 13.7. The van der Waals surface area contributed by atoms with Crippen molar-refractivity contribution in [3.8, 4) is 5.75 Å². The molecule has 0 aliphatic carbocycles. The summed E-state index contributed by atoms with van der Waals surface area (Å²) in [5.74, 6) is 1.72. The number of nitrogens with zero attached hydrogens (tertiary/aromatic N) is 3. The molecule has 2 heterocycles. The topological polar surface area (TPSA) is 72.7 Å². The highest BCUT2D eigenvalue weighted by Crippen LogP contribution is 2.23. The molecule has 1 atom stereocenters. The lowest BCUT2D eigenvalue weighted by atomic mass is 10.1. The third kappa shape index (κ3) is 7.09. The van der Waals surface area contributed by atoms with Gasteiger partial charge in [-0.3, -0.25) is 4.68 Å². The molecule has 2 N–H and O–H groups in total. The van der Waals surface area contributed by atoms with E-state index in [-0.39, 0.29) is 6.10 Å². The lowest BCUT2D eigenvalue weighted by Crippen LogP contribution is -2.38. The van der Waals surface area contributed by atoms with Gasteiger partial charge in [0.05, 0.1) is 12.6 Å². The molecule has 3 rings (SSSR count). The van der Waals surface area contributed by atoms with Crippen LogP contribution in [0.15, 0.2) is 41.7 Å². The van der Waals surface area contributed by atoms with Crippen LogP contribution in [0.3, 0.4) is 0 Å². The summed E-state index contributed by atoms with van der Waals surface area (Å²) in [7, 11) is 0. The van der Waals surface area contributed by atoms with Crippen molar-refractivity contribution in [2.75, 3.05) is 26.3 Å². The maximum atomic E-state index is 6.09. The molecule has 0 saturated carbocycles. The van der Waals surface area contributed by atoms with Gasteiger partial charge in [-0.25, -0.2) is 4.99 Å². The van der Waals surface area contributed by atoms with Gasteiger partial charge in [-0.2, -0.15) is 5.10 Å². The Morgan fingerprint density at radius 3 is 3.07 bits per heavy atom. The molecule has 2 aromatic rings. The molecule has 0 bridgehead atoms. The lowest BCUT2D eigenvalue weighted by molar-refractivity contribution is 0.0676. The Kier molecular flexibility index (Phi) is 8.37. The van der Waals surface area contributed by atoms with Crippen molar-refractivity contribution in [3.63, 3.8) is 0 Å². The molecule has 1 unspecified atom stereocenters. The summed E-state index contributed by atoms with van der Waals surface area (Å²) in [6.07, 6.45) is 7.17. The maximum absolute atomic E-state index is 6.09. The van der Waals surface area contributed by atoms with E-state index >= 15 is 0 Å². The molecule has 0 amide bonds. The molecule has 29 heavy (non-hydrogen) atoms. The van der Waals surface area contributed by atoms with Crippen LogP contribution in [0.1, 0.15) is 37.3 Å². The number of hydrogen-bond donors (Lipinski definition) is 2. The van der Waals surface area contributed by atoms with E-state index in [2.05, 4.69) is 47.8 Å². The second-order valence-electron chi connectivity index (χ2n) is 7.30. The predicted octanol–water partition coefficient (Wildman–Crippen LogP) is 2.89. The average Bonchev–Trinajstić information content (AvgIpc) is 3.42. The Morgan fingerprint density at radius 1 is 1.38 bits per heavy atom. The van der Waals surface area contributed by atoms with E-state index in [1.165, 1.54) is 5.56 Å². The van der Waals surface area contributed by atoms with Crippen LogP contribution in [-0.4, -0.2) is 48.1 Å². The highest BCUT2D eigenvalue weighted by atomic mass is 16.5. The van der Waals surface area contributed by atoms with E-state index in [0.29, 0.717) is 13.2 Å². The number of hydrogen-bond acceptors (Lipinski definition) is 4. The second-order valence-corrected chi connectivity index (χ2v) is 7.30. The van der Waals surface area contributed by atoms with Crippen LogP contribution in [0.5, 0.6) is 5.75 Å². The van der Waals surface area contributed by atoms with Gasteiger partial charge in [-0.05, 0) is 50.8 Å². The third-order valence-electron chi connectivity index (χ3n) is 4.84. The average molecular weight is 400 g/mol. The van der Waals surface area contributed by atoms with Crippen LogP contribution in [0.25, 0.3) is 0 Å². The number of aryl methyl sites for hydroxylation is 2. The quantitative estimate of drug-likeness (QED) is 0.365. The van der Waals surface area contributed by atoms with Crippen molar-refractivity contribution in [2.24, 2.45) is 4.99 Å². The molecule has 1 saturated heterocycles. The Hall–Kier alpha value is -2.54. The molecule has 1 aromatic heterocycles. The molecule has 1 aliphatic rings. The van der Waals surface area contributed by atoms with Gasteiger partial charge in [-0.15, -0.1) is 0 Å². The van der Waals surface area contributed by atoms with Gasteiger partial charge in [0, 0.05) is 44.2 Å². The Balaban J connectivity index is 1.54. The van der Waals surface area contributed by atoms with Crippen LogP contribution in [0.2, 0.25) is 0 Å². The van der Waals surface area contributed by atoms with Gasteiger partial charge in [0.1, 0.15) is 12.4 Å². The number of aliphatic imine (C=N–C) groups is 1. The SMILES string of the molecule is CCNC(=NCc1ccc(C)cc1OCC1CCCO1)NCCCn1cccn1. The summed E-state index contributed by atoms with van der Waals surface area (Å²) in [5, 5.41) is 10.9. The van der Waals surface area contributed by atoms with Crippen LogP contribution in [0.4, 0.5) is 0 Å². The normalized spacial score (nSPS) is 16.8. The summed E-state index contributed by atoms with van der Waals surface area (Å²) in [5.41, 5.74) is 2.27. The minimum Gasteiger partial charge on any atom is -0.491 e. The number of ether oxygens (including phenoxy) is 2. The van der Waals surface area contributed by atoms with Crippen molar-refractivity contribution in [1.29, 1.82) is 0 Å². The highest BCUT2D eigenvalue weighted by molar-refractivity contribution is 5.79. The second kappa shape index (κ2) is 11.5. The first-order chi connectivity index (χ1) is 14.2. The first-order valence-electron chi connectivity index (χ1n) is 10.6. The minimum absolute atomic E-state index is 0.209. The smallest absolute Gasteiger partial charge is 0.191 e. The van der Waals surface area contributed by atoms with Crippen LogP contribution in [-0.2, 0) is 17.8 Å². The van der Waals surface area contributed by atoms with Crippen molar-refractivity contribution < 1.29 is 9.47 Å². The molecule has 7 nitrogen and oxygen atoms in total. The number of aromatic nitrogens is 2. The summed E-state index contributed by atoms with van der Waals surface area (Å²) in [4.78, 5) is 4.75. The Bertz CT molecular complexity index is 755. The summed E-state index contributed by atoms with van der Waals surface area (Å²) in [6, 6.07) is 8.24. The summed E-state index contributed by atoms with van der Waals surface area (Å²) >= 11 is 0. The fraction of sp³-hybridized carbons (Fsp3) is 0.545. The van der Waals surface area contributed by atoms with Crippen molar-refractivity contribution in [1.82, 2.24) is 20.4 Å². The third-order valence-corrected chi connectivity index (χ3v) is 4.84. The molecular formula is C22H33N5O2. The van der Waals surface area contributed by atoms with Gasteiger partial charge in [0.15, 0.2) is 5.96 Å². The number of guanidine groups is 1. The van der Waals surface area contributed by atoms with E-state index in [1.54, 1.807) is 6.20 Å². The fourth-order valence-electron chi connectivity index (χ4n) is 3.27. The standard InChI is InChI=1S/C22H33N5O2/c1-3-23-22(24-10-5-12-27-13-6-11-26-27)25-16-19-9-8-18(2)15-21(19)29-17-20-7-4-14-28-20/h6,8-9,11,13,15,20H,3-5,7,10,12,14,16-17H2,1-2H3,(H2,23,24,25). The van der Waals surface area contributed by atoms with Crippen LogP contribution < -0.4 is 15.4 Å². The molecular weight excluding hydrogens is 366 g/mol. The number of nitrogens with one attached hydrogen (secondary N) is 2. The number of benzene rings is 1. The Labute approximate surface area is 173 Å². The van der Waals surface area contributed by atoms with Crippen molar-refractivity contribution >= 4 is 5.96 Å².